The Morgan fingerprint density at radius 2 is 2.25 bits per heavy atom. The fourth-order valence-corrected chi connectivity index (χ4v) is 1.08. The molecule has 0 bridgehead atoms. The van der Waals surface area contributed by atoms with Gasteiger partial charge < -0.3 is 4.74 Å². The minimum atomic E-state index is 0.673. The van der Waals surface area contributed by atoms with E-state index in [2.05, 4.69) is 25.6 Å². The fraction of sp³-hybridized carbons (Fsp3) is 0.273. The van der Waals surface area contributed by atoms with Gasteiger partial charge in [-0.3, -0.25) is 0 Å². The molecule has 0 aromatic heterocycles. The van der Waals surface area contributed by atoms with Gasteiger partial charge in [0.2, 0.25) is 0 Å². The van der Waals surface area contributed by atoms with E-state index in [-0.39, 0.29) is 0 Å². The van der Waals surface area contributed by atoms with Crippen LogP contribution in [0.15, 0.2) is 30.8 Å². The Bertz CT molecular complexity index is 276. The van der Waals surface area contributed by atoms with Crippen LogP contribution in [-0.2, 0) is 4.74 Å². The lowest BCUT2D eigenvalue weighted by Gasteiger charge is -2.06. The van der Waals surface area contributed by atoms with Crippen molar-refractivity contribution >= 4 is 5.76 Å². The second kappa shape index (κ2) is 3.96. The Kier molecular flexibility index (Phi) is 2.92. The Morgan fingerprint density at radius 1 is 1.50 bits per heavy atom. The van der Waals surface area contributed by atoms with Crippen LogP contribution in [0.5, 0.6) is 0 Å². The highest BCUT2D eigenvalue weighted by atomic mass is 16.5. The Hall–Kier alpha value is -1.24. The van der Waals surface area contributed by atoms with Gasteiger partial charge in [-0.2, -0.15) is 0 Å². The summed E-state index contributed by atoms with van der Waals surface area (Å²) < 4.78 is 5.29. The van der Waals surface area contributed by atoms with E-state index in [1.165, 1.54) is 5.56 Å². The van der Waals surface area contributed by atoms with Crippen LogP contribution in [0.2, 0.25) is 0 Å². The van der Waals surface area contributed by atoms with E-state index in [4.69, 9.17) is 4.74 Å². The molecule has 1 nitrogen and oxygen atoms in total. The summed E-state index contributed by atoms with van der Waals surface area (Å²) in [5.74, 6) is 0.751. The molecule has 1 aromatic carbocycles. The van der Waals surface area contributed by atoms with Crippen molar-refractivity contribution in [2.45, 2.75) is 13.8 Å². The molecule has 0 spiro atoms. The first kappa shape index (κ1) is 8.85. The van der Waals surface area contributed by atoms with Crippen LogP contribution >= 0.6 is 0 Å². The van der Waals surface area contributed by atoms with Crippen molar-refractivity contribution in [2.24, 2.45) is 0 Å². The molecule has 0 amide bonds. The number of hydrogen-bond acceptors (Lipinski definition) is 1. The summed E-state index contributed by atoms with van der Waals surface area (Å²) in [4.78, 5) is 0. The van der Waals surface area contributed by atoms with Gasteiger partial charge in [0, 0.05) is 5.56 Å². The summed E-state index contributed by atoms with van der Waals surface area (Å²) in [5, 5.41) is 0. The monoisotopic (exact) mass is 162 g/mol. The first-order chi connectivity index (χ1) is 5.74. The average molecular weight is 162 g/mol. The van der Waals surface area contributed by atoms with Crippen molar-refractivity contribution in [3.63, 3.8) is 0 Å². The van der Waals surface area contributed by atoms with E-state index < -0.39 is 0 Å². The number of rotatable bonds is 3. The standard InChI is InChI=1S/C11H14O/c1-4-12-10(3)11-7-5-6-9(2)8-11/h5-8H,3-4H2,1-2H3. The van der Waals surface area contributed by atoms with Crippen LogP contribution < -0.4 is 0 Å². The Labute approximate surface area is 73.7 Å². The molecule has 0 aliphatic rings. The zero-order valence-electron chi connectivity index (χ0n) is 7.63. The smallest absolute Gasteiger partial charge is 0.119 e. The molecule has 1 aromatic rings. The van der Waals surface area contributed by atoms with Gasteiger partial charge in [0.1, 0.15) is 5.76 Å². The molecular weight excluding hydrogens is 148 g/mol. The maximum atomic E-state index is 5.29. The lowest BCUT2D eigenvalue weighted by atomic mass is 10.1. The van der Waals surface area contributed by atoms with Crippen molar-refractivity contribution in [3.05, 3.63) is 42.0 Å². The number of benzene rings is 1. The average Bonchev–Trinajstić information content (AvgIpc) is 2.05. The van der Waals surface area contributed by atoms with Gasteiger partial charge in [-0.1, -0.05) is 30.3 Å². The highest BCUT2D eigenvalue weighted by Crippen LogP contribution is 2.14. The molecule has 12 heavy (non-hydrogen) atoms. The van der Waals surface area contributed by atoms with Crippen LogP contribution in [0.1, 0.15) is 18.1 Å². The second-order valence-corrected chi connectivity index (χ2v) is 2.73. The molecule has 0 N–H and O–H groups in total. The van der Waals surface area contributed by atoms with E-state index in [0.29, 0.717) is 6.61 Å². The molecule has 0 saturated heterocycles. The third-order valence-electron chi connectivity index (χ3n) is 1.66. The van der Waals surface area contributed by atoms with Gasteiger partial charge in [-0.25, -0.2) is 0 Å². The molecule has 0 saturated carbocycles. The molecule has 1 heteroatoms. The lowest BCUT2D eigenvalue weighted by molar-refractivity contribution is 0.299. The molecule has 0 unspecified atom stereocenters. The van der Waals surface area contributed by atoms with E-state index in [9.17, 15) is 0 Å². The van der Waals surface area contributed by atoms with Crippen LogP contribution in [0, 0.1) is 6.92 Å². The molecule has 0 atom stereocenters. The summed E-state index contributed by atoms with van der Waals surface area (Å²) in [5.41, 5.74) is 2.30. The highest BCUT2D eigenvalue weighted by molar-refractivity contribution is 5.57. The van der Waals surface area contributed by atoms with Crippen molar-refractivity contribution in [1.82, 2.24) is 0 Å². The van der Waals surface area contributed by atoms with E-state index >= 15 is 0 Å². The zero-order valence-corrected chi connectivity index (χ0v) is 7.63. The normalized spacial score (nSPS) is 9.50. The van der Waals surface area contributed by atoms with Crippen LogP contribution in [0.3, 0.4) is 0 Å². The minimum Gasteiger partial charge on any atom is -0.494 e. The first-order valence-corrected chi connectivity index (χ1v) is 4.12. The number of aryl methyl sites for hydroxylation is 1. The van der Waals surface area contributed by atoms with Gasteiger partial charge in [-0.15, -0.1) is 0 Å². The van der Waals surface area contributed by atoms with Crippen LogP contribution in [0.25, 0.3) is 5.76 Å². The lowest BCUT2D eigenvalue weighted by Crippen LogP contribution is -1.89. The van der Waals surface area contributed by atoms with E-state index in [1.807, 2.05) is 19.1 Å². The maximum absolute atomic E-state index is 5.29. The summed E-state index contributed by atoms with van der Waals surface area (Å²) in [6, 6.07) is 8.14. The zero-order chi connectivity index (χ0) is 8.97. The summed E-state index contributed by atoms with van der Waals surface area (Å²) in [6.07, 6.45) is 0. The van der Waals surface area contributed by atoms with Crippen molar-refractivity contribution < 1.29 is 4.74 Å². The summed E-state index contributed by atoms with van der Waals surface area (Å²) in [6.45, 7) is 8.52. The van der Waals surface area contributed by atoms with Crippen LogP contribution in [0.4, 0.5) is 0 Å². The largest absolute Gasteiger partial charge is 0.494 e. The first-order valence-electron chi connectivity index (χ1n) is 4.12. The highest BCUT2D eigenvalue weighted by Gasteiger charge is 1.97. The third-order valence-corrected chi connectivity index (χ3v) is 1.66. The van der Waals surface area contributed by atoms with Gasteiger partial charge in [0.25, 0.3) is 0 Å². The van der Waals surface area contributed by atoms with Crippen LogP contribution in [-0.4, -0.2) is 6.61 Å². The fourth-order valence-electron chi connectivity index (χ4n) is 1.08. The number of ether oxygens (including phenoxy) is 1. The third kappa shape index (κ3) is 2.12. The molecular formula is C11H14O. The van der Waals surface area contributed by atoms with Crippen molar-refractivity contribution in [2.75, 3.05) is 6.61 Å². The predicted molar refractivity (Wildman–Crippen MR) is 51.8 cm³/mol. The minimum absolute atomic E-state index is 0.673. The van der Waals surface area contributed by atoms with Crippen molar-refractivity contribution in [1.29, 1.82) is 0 Å². The Morgan fingerprint density at radius 3 is 2.83 bits per heavy atom. The maximum Gasteiger partial charge on any atom is 0.119 e. The number of hydrogen-bond donors (Lipinski definition) is 0. The van der Waals surface area contributed by atoms with E-state index in [0.717, 1.165) is 11.3 Å². The molecule has 0 aliphatic carbocycles. The molecule has 0 fully saturated rings. The topological polar surface area (TPSA) is 9.23 Å². The van der Waals surface area contributed by atoms with Gasteiger partial charge >= 0.3 is 0 Å². The predicted octanol–water partition coefficient (Wildman–Crippen LogP) is 3.00. The SMILES string of the molecule is C=C(OCC)c1cccc(C)c1. The van der Waals surface area contributed by atoms with Crippen molar-refractivity contribution in [3.8, 4) is 0 Å². The Balaban J connectivity index is 2.81. The van der Waals surface area contributed by atoms with E-state index in [1.54, 1.807) is 0 Å². The van der Waals surface area contributed by atoms with Gasteiger partial charge in [-0.05, 0) is 19.9 Å². The van der Waals surface area contributed by atoms with Gasteiger partial charge in [0.05, 0.1) is 6.61 Å². The summed E-state index contributed by atoms with van der Waals surface area (Å²) in [7, 11) is 0. The quantitative estimate of drug-likeness (QED) is 0.621. The summed E-state index contributed by atoms with van der Waals surface area (Å²) >= 11 is 0. The molecule has 0 aliphatic heterocycles. The molecule has 64 valence electrons. The molecule has 1 rings (SSSR count). The van der Waals surface area contributed by atoms with Gasteiger partial charge in [0.15, 0.2) is 0 Å². The molecule has 0 radical (unpaired) electrons. The molecule has 0 heterocycles. The second-order valence-electron chi connectivity index (χ2n) is 2.73.